The van der Waals surface area contributed by atoms with E-state index < -0.39 is 0 Å². The molecule has 0 aliphatic carbocycles. The summed E-state index contributed by atoms with van der Waals surface area (Å²) < 4.78 is 0. The van der Waals surface area contributed by atoms with Gasteiger partial charge in [-0.1, -0.05) is 12.1 Å². The second-order valence-electron chi connectivity index (χ2n) is 6.21. The van der Waals surface area contributed by atoms with Crippen LogP contribution in [0.2, 0.25) is 0 Å². The molecular formula is C18H24N2O3. The zero-order valence-corrected chi connectivity index (χ0v) is 14.0. The van der Waals surface area contributed by atoms with E-state index in [1.807, 2.05) is 11.0 Å². The predicted molar refractivity (Wildman–Crippen MR) is 89.5 cm³/mol. The molecule has 1 heterocycles. The lowest BCUT2D eigenvalue weighted by Gasteiger charge is -2.31. The van der Waals surface area contributed by atoms with E-state index in [0.717, 1.165) is 31.6 Å². The number of carbonyl (C=O) groups is 3. The highest BCUT2D eigenvalue weighted by atomic mass is 16.2. The maximum Gasteiger partial charge on any atom is 0.226 e. The van der Waals surface area contributed by atoms with E-state index in [0.29, 0.717) is 17.9 Å². The Labute approximate surface area is 137 Å². The van der Waals surface area contributed by atoms with Gasteiger partial charge in [-0.3, -0.25) is 14.4 Å². The molecule has 1 aliphatic heterocycles. The number of hydrogen-bond acceptors (Lipinski definition) is 3. The number of Topliss-reactive ketones (excluding diaryl/α,β-unsaturated/α-hetero) is 1. The molecule has 0 unspecified atom stereocenters. The average molecular weight is 316 g/mol. The van der Waals surface area contributed by atoms with Crippen molar-refractivity contribution in [2.24, 2.45) is 5.92 Å². The molecule has 0 spiro atoms. The third kappa shape index (κ3) is 4.41. The first-order valence-corrected chi connectivity index (χ1v) is 8.01. The molecule has 23 heavy (non-hydrogen) atoms. The first-order valence-electron chi connectivity index (χ1n) is 8.01. The summed E-state index contributed by atoms with van der Waals surface area (Å²) in [6, 6.07) is 7.13. The zero-order chi connectivity index (χ0) is 17.0. The van der Waals surface area contributed by atoms with E-state index in [-0.39, 0.29) is 17.6 Å². The van der Waals surface area contributed by atoms with Crippen LogP contribution in [0.3, 0.4) is 0 Å². The van der Waals surface area contributed by atoms with E-state index in [9.17, 15) is 14.4 Å². The lowest BCUT2D eigenvalue weighted by atomic mass is 9.93. The van der Waals surface area contributed by atoms with Crippen LogP contribution in [0.5, 0.6) is 0 Å². The summed E-state index contributed by atoms with van der Waals surface area (Å²) in [7, 11) is 1.74. The van der Waals surface area contributed by atoms with Crippen molar-refractivity contribution in [1.29, 1.82) is 0 Å². The smallest absolute Gasteiger partial charge is 0.226 e. The highest BCUT2D eigenvalue weighted by Gasteiger charge is 2.24. The molecule has 0 N–H and O–H groups in total. The standard InChI is InChI=1S/C18H24N2O3/c1-13(21)16-5-4-6-17(12-16)19(3)18(23)11-15-7-9-20(10-8-15)14(2)22/h4-6,12,15H,7-11H2,1-3H3. The highest BCUT2D eigenvalue weighted by Crippen LogP contribution is 2.23. The first-order chi connectivity index (χ1) is 10.9. The Kier molecular flexibility index (Phi) is 5.53. The van der Waals surface area contributed by atoms with Gasteiger partial charge in [-0.05, 0) is 37.8 Å². The van der Waals surface area contributed by atoms with Crippen molar-refractivity contribution in [3.05, 3.63) is 29.8 Å². The summed E-state index contributed by atoms with van der Waals surface area (Å²) in [5, 5.41) is 0. The number of piperidine rings is 1. The Morgan fingerprint density at radius 1 is 1.17 bits per heavy atom. The predicted octanol–water partition coefficient (Wildman–Crippen LogP) is 2.50. The number of amides is 2. The van der Waals surface area contributed by atoms with Crippen LogP contribution in [0.1, 0.15) is 43.5 Å². The van der Waals surface area contributed by atoms with Crippen molar-refractivity contribution in [1.82, 2.24) is 4.90 Å². The van der Waals surface area contributed by atoms with Crippen molar-refractivity contribution >= 4 is 23.3 Å². The van der Waals surface area contributed by atoms with Crippen molar-refractivity contribution < 1.29 is 14.4 Å². The quantitative estimate of drug-likeness (QED) is 0.802. The molecule has 5 nitrogen and oxygen atoms in total. The summed E-state index contributed by atoms with van der Waals surface area (Å²) >= 11 is 0. The van der Waals surface area contributed by atoms with Gasteiger partial charge >= 0.3 is 0 Å². The normalized spacial score (nSPS) is 15.3. The van der Waals surface area contributed by atoms with Gasteiger partial charge < -0.3 is 9.80 Å². The van der Waals surface area contributed by atoms with Gasteiger partial charge in [-0.2, -0.15) is 0 Å². The third-order valence-corrected chi connectivity index (χ3v) is 4.54. The summed E-state index contributed by atoms with van der Waals surface area (Å²) in [6.45, 7) is 4.57. The molecule has 0 radical (unpaired) electrons. The summed E-state index contributed by atoms with van der Waals surface area (Å²) in [4.78, 5) is 38.7. The van der Waals surface area contributed by atoms with Gasteiger partial charge in [0, 0.05) is 44.7 Å². The fourth-order valence-electron chi connectivity index (χ4n) is 2.91. The Morgan fingerprint density at radius 2 is 1.83 bits per heavy atom. The molecule has 124 valence electrons. The zero-order valence-electron chi connectivity index (χ0n) is 14.0. The minimum Gasteiger partial charge on any atom is -0.343 e. The molecule has 0 atom stereocenters. The number of hydrogen-bond donors (Lipinski definition) is 0. The molecular weight excluding hydrogens is 292 g/mol. The van der Waals surface area contributed by atoms with Crippen LogP contribution in [0.25, 0.3) is 0 Å². The Bertz CT molecular complexity index is 604. The Hall–Kier alpha value is -2.17. The van der Waals surface area contributed by atoms with Crippen LogP contribution in [0, 0.1) is 5.92 Å². The minimum atomic E-state index is -0.00990. The number of carbonyl (C=O) groups excluding carboxylic acids is 3. The SMILES string of the molecule is CC(=O)c1cccc(N(C)C(=O)CC2CCN(C(C)=O)CC2)c1. The fourth-order valence-corrected chi connectivity index (χ4v) is 2.91. The fraction of sp³-hybridized carbons (Fsp3) is 0.500. The highest BCUT2D eigenvalue weighted by molar-refractivity contribution is 5.97. The van der Waals surface area contributed by atoms with E-state index in [1.54, 1.807) is 37.1 Å². The number of anilines is 1. The van der Waals surface area contributed by atoms with Gasteiger partial charge in [0.05, 0.1) is 0 Å². The molecule has 2 rings (SSSR count). The molecule has 1 aromatic rings. The van der Waals surface area contributed by atoms with Crippen LogP contribution in [-0.4, -0.2) is 42.6 Å². The summed E-state index contributed by atoms with van der Waals surface area (Å²) in [6.07, 6.45) is 2.21. The number of likely N-dealkylation sites (tertiary alicyclic amines) is 1. The van der Waals surface area contributed by atoms with Crippen molar-refractivity contribution in [2.75, 3.05) is 25.0 Å². The topological polar surface area (TPSA) is 57.7 Å². The largest absolute Gasteiger partial charge is 0.343 e. The Balaban J connectivity index is 1.94. The van der Waals surface area contributed by atoms with E-state index in [2.05, 4.69) is 0 Å². The molecule has 5 heteroatoms. The second-order valence-corrected chi connectivity index (χ2v) is 6.21. The van der Waals surface area contributed by atoms with Crippen LogP contribution < -0.4 is 4.90 Å². The van der Waals surface area contributed by atoms with Gasteiger partial charge in [0.1, 0.15) is 0 Å². The van der Waals surface area contributed by atoms with Gasteiger partial charge in [-0.25, -0.2) is 0 Å². The Morgan fingerprint density at radius 3 is 2.39 bits per heavy atom. The molecule has 1 aliphatic rings. The van der Waals surface area contributed by atoms with Crippen LogP contribution in [-0.2, 0) is 9.59 Å². The van der Waals surface area contributed by atoms with Gasteiger partial charge in [0.15, 0.2) is 5.78 Å². The lowest BCUT2D eigenvalue weighted by molar-refractivity contribution is -0.130. The average Bonchev–Trinajstić information content (AvgIpc) is 2.54. The van der Waals surface area contributed by atoms with Gasteiger partial charge in [0.2, 0.25) is 11.8 Å². The maximum atomic E-state index is 12.5. The first kappa shape index (κ1) is 17.2. The minimum absolute atomic E-state index is 0.00990. The second kappa shape index (κ2) is 7.40. The molecule has 2 amide bonds. The monoisotopic (exact) mass is 316 g/mol. The molecule has 1 aromatic carbocycles. The number of nitrogens with zero attached hydrogens (tertiary/aromatic N) is 2. The van der Waals surface area contributed by atoms with E-state index in [4.69, 9.17) is 0 Å². The number of benzene rings is 1. The van der Waals surface area contributed by atoms with Crippen LogP contribution in [0.15, 0.2) is 24.3 Å². The molecule has 1 fully saturated rings. The van der Waals surface area contributed by atoms with Crippen molar-refractivity contribution in [2.45, 2.75) is 33.1 Å². The van der Waals surface area contributed by atoms with Crippen molar-refractivity contribution in [3.63, 3.8) is 0 Å². The summed E-state index contributed by atoms with van der Waals surface area (Å²) in [5.41, 5.74) is 1.35. The number of rotatable bonds is 4. The van der Waals surface area contributed by atoms with E-state index >= 15 is 0 Å². The molecule has 1 saturated heterocycles. The van der Waals surface area contributed by atoms with Crippen LogP contribution >= 0.6 is 0 Å². The number of ketones is 1. The third-order valence-electron chi connectivity index (χ3n) is 4.54. The van der Waals surface area contributed by atoms with Crippen molar-refractivity contribution in [3.8, 4) is 0 Å². The van der Waals surface area contributed by atoms with E-state index in [1.165, 1.54) is 6.92 Å². The lowest BCUT2D eigenvalue weighted by Crippen LogP contribution is -2.38. The van der Waals surface area contributed by atoms with Gasteiger partial charge in [0.25, 0.3) is 0 Å². The van der Waals surface area contributed by atoms with Crippen LogP contribution in [0.4, 0.5) is 5.69 Å². The summed E-state index contributed by atoms with van der Waals surface area (Å²) in [5.74, 6) is 0.459. The van der Waals surface area contributed by atoms with Gasteiger partial charge in [-0.15, -0.1) is 0 Å². The molecule has 0 bridgehead atoms. The molecule has 0 aromatic heterocycles. The maximum absolute atomic E-state index is 12.5. The molecule has 0 saturated carbocycles.